The first-order chi connectivity index (χ1) is 12.3. The molecule has 2 aromatic carbocycles. The molecule has 0 radical (unpaired) electrons. The Bertz CT molecular complexity index is 869. The molecule has 9 heteroatoms. The van der Waals surface area contributed by atoms with E-state index >= 15 is 0 Å². The molecule has 1 aliphatic heterocycles. The van der Waals surface area contributed by atoms with Crippen LogP contribution in [0.5, 0.6) is 11.5 Å². The van der Waals surface area contributed by atoms with Crippen LogP contribution in [0.25, 0.3) is 6.08 Å². The van der Waals surface area contributed by atoms with Gasteiger partial charge in [0, 0.05) is 17.2 Å². The van der Waals surface area contributed by atoms with Crippen LogP contribution < -0.4 is 44.1 Å². The van der Waals surface area contributed by atoms with Crippen LogP contribution in [0.1, 0.15) is 11.1 Å². The summed E-state index contributed by atoms with van der Waals surface area (Å²) in [4.78, 5) is 11.1. The molecule has 0 aromatic heterocycles. The predicted octanol–water partition coefficient (Wildman–Crippen LogP) is 0.380. The van der Waals surface area contributed by atoms with Gasteiger partial charge in [0.05, 0.1) is 11.0 Å². The summed E-state index contributed by atoms with van der Waals surface area (Å²) in [6.07, 6.45) is -6.73. The third-order valence-electron chi connectivity index (χ3n) is 3.66. The van der Waals surface area contributed by atoms with E-state index in [1.807, 2.05) is 30.3 Å². The van der Waals surface area contributed by atoms with E-state index in [0.29, 0.717) is 0 Å². The average molecular weight is 407 g/mol. The molecule has 27 heavy (non-hydrogen) atoms. The smallest absolute Gasteiger partial charge is 0.545 e. The number of carbonyl (C=O) groups is 1. The minimum absolute atomic E-state index is 0. The van der Waals surface area contributed by atoms with E-state index in [9.17, 15) is 23.1 Å². The van der Waals surface area contributed by atoms with E-state index < -0.39 is 23.8 Å². The summed E-state index contributed by atoms with van der Waals surface area (Å²) in [7, 11) is 0. The number of hydrogen-bond acceptors (Lipinski definition) is 4. The van der Waals surface area contributed by atoms with Crippen molar-refractivity contribution in [1.29, 1.82) is 0 Å². The molecule has 136 valence electrons. The van der Waals surface area contributed by atoms with Crippen molar-refractivity contribution in [1.82, 2.24) is 0 Å². The summed E-state index contributed by atoms with van der Waals surface area (Å²) >= 11 is 6.01. The fraction of sp³-hybridized carbons (Fsp3) is 0.167. The number of carboxylic acid groups (broad SMARTS) is 1. The Kier molecular flexibility index (Phi) is 6.86. The molecular formula is C18H11ClF3NaO4. The van der Waals surface area contributed by atoms with Crippen LogP contribution in [0.4, 0.5) is 13.2 Å². The van der Waals surface area contributed by atoms with Gasteiger partial charge in [-0.05, 0) is 17.7 Å². The molecule has 1 heterocycles. The van der Waals surface area contributed by atoms with Crippen LogP contribution >= 0.6 is 11.6 Å². The SMILES string of the molecule is O=C([O-])C1=Cc2cc(OCc3ccccc3)cc(Cl)c2OC1C(F)(F)F.[Na+]. The molecule has 0 N–H and O–H groups in total. The zero-order chi connectivity index (χ0) is 18.9. The Morgan fingerprint density at radius 1 is 1.22 bits per heavy atom. The number of carbonyl (C=O) groups excluding carboxylic acids is 1. The van der Waals surface area contributed by atoms with Crippen LogP contribution in [0.3, 0.4) is 0 Å². The van der Waals surface area contributed by atoms with Gasteiger partial charge in [0.15, 0.2) is 0 Å². The third-order valence-corrected chi connectivity index (χ3v) is 3.94. The van der Waals surface area contributed by atoms with E-state index in [1.54, 1.807) is 0 Å². The summed E-state index contributed by atoms with van der Waals surface area (Å²) in [5.74, 6) is -1.96. The topological polar surface area (TPSA) is 58.6 Å². The van der Waals surface area contributed by atoms with Gasteiger partial charge >= 0.3 is 35.7 Å². The van der Waals surface area contributed by atoms with Crippen molar-refractivity contribution >= 4 is 23.6 Å². The standard InChI is InChI=1S/C18H12ClF3O4.Na/c19-14-8-12(25-9-10-4-2-1-3-5-10)6-11-7-13(17(23)24)16(18(20,21)22)26-15(11)14;/h1-8,16H,9H2,(H,23,24);/q;+1/p-1. The molecule has 2 aromatic rings. The number of benzene rings is 2. The van der Waals surface area contributed by atoms with E-state index in [2.05, 4.69) is 0 Å². The number of fused-ring (bicyclic) bond motifs is 1. The van der Waals surface area contributed by atoms with Crippen LogP contribution in [-0.4, -0.2) is 18.2 Å². The fourth-order valence-electron chi connectivity index (χ4n) is 2.48. The monoisotopic (exact) mass is 406 g/mol. The molecule has 0 saturated heterocycles. The van der Waals surface area contributed by atoms with Gasteiger partial charge in [-0.1, -0.05) is 41.9 Å². The van der Waals surface area contributed by atoms with E-state index in [-0.39, 0.29) is 58.2 Å². The maximum absolute atomic E-state index is 13.0. The third kappa shape index (κ3) is 4.99. The zero-order valence-corrected chi connectivity index (χ0v) is 16.8. The summed E-state index contributed by atoms with van der Waals surface area (Å²) in [6.45, 7) is 0.207. The molecule has 1 unspecified atom stereocenters. The van der Waals surface area contributed by atoms with Gasteiger partial charge in [0.1, 0.15) is 18.1 Å². The Morgan fingerprint density at radius 3 is 2.48 bits per heavy atom. The largest absolute Gasteiger partial charge is 1.00 e. The molecule has 0 saturated carbocycles. The molecule has 0 amide bonds. The summed E-state index contributed by atoms with van der Waals surface area (Å²) in [6, 6.07) is 11.9. The molecule has 0 bridgehead atoms. The minimum atomic E-state index is -4.92. The Morgan fingerprint density at radius 2 is 1.89 bits per heavy atom. The van der Waals surface area contributed by atoms with Crippen molar-refractivity contribution in [3.05, 3.63) is 64.2 Å². The maximum atomic E-state index is 13.0. The second-order valence-electron chi connectivity index (χ2n) is 5.52. The fourth-order valence-corrected chi connectivity index (χ4v) is 2.74. The van der Waals surface area contributed by atoms with E-state index in [1.165, 1.54) is 12.1 Å². The Labute approximate surface area is 179 Å². The van der Waals surface area contributed by atoms with Crippen molar-refractivity contribution in [2.24, 2.45) is 0 Å². The Hall–Kier alpha value is -1.67. The normalized spacial score (nSPS) is 15.7. The van der Waals surface area contributed by atoms with Crippen molar-refractivity contribution in [3.63, 3.8) is 0 Å². The Balaban J connectivity index is 0.00000261. The van der Waals surface area contributed by atoms with Crippen molar-refractivity contribution in [2.75, 3.05) is 0 Å². The van der Waals surface area contributed by atoms with Crippen LogP contribution in [-0.2, 0) is 11.4 Å². The van der Waals surface area contributed by atoms with Gasteiger partial charge in [-0.15, -0.1) is 0 Å². The number of halogens is 4. The van der Waals surface area contributed by atoms with E-state index in [4.69, 9.17) is 21.1 Å². The predicted molar refractivity (Wildman–Crippen MR) is 85.7 cm³/mol. The number of aliphatic carboxylic acids is 1. The number of hydrogen-bond donors (Lipinski definition) is 0. The van der Waals surface area contributed by atoms with Gasteiger partial charge in [-0.2, -0.15) is 13.2 Å². The van der Waals surface area contributed by atoms with E-state index in [0.717, 1.165) is 11.6 Å². The molecular weight excluding hydrogens is 396 g/mol. The van der Waals surface area contributed by atoms with Gasteiger partial charge in [-0.25, -0.2) is 0 Å². The number of alkyl halides is 3. The quantitative estimate of drug-likeness (QED) is 0.689. The number of carboxylic acids is 1. The molecule has 0 aliphatic carbocycles. The minimum Gasteiger partial charge on any atom is -0.545 e. The zero-order valence-electron chi connectivity index (χ0n) is 14.0. The summed E-state index contributed by atoms with van der Waals surface area (Å²) < 4.78 is 49.5. The molecule has 0 fully saturated rings. The molecule has 1 atom stereocenters. The second kappa shape index (κ2) is 8.56. The van der Waals surface area contributed by atoms with Gasteiger partial charge in [-0.3, -0.25) is 0 Å². The van der Waals surface area contributed by atoms with Gasteiger partial charge < -0.3 is 19.4 Å². The molecule has 4 nitrogen and oxygen atoms in total. The van der Waals surface area contributed by atoms with Gasteiger partial charge in [0.2, 0.25) is 6.10 Å². The maximum Gasteiger partial charge on any atom is 1.00 e. The number of ether oxygens (including phenoxy) is 2. The number of rotatable bonds is 4. The average Bonchev–Trinajstić information content (AvgIpc) is 2.59. The molecule has 1 aliphatic rings. The molecule has 3 rings (SSSR count). The van der Waals surface area contributed by atoms with Crippen molar-refractivity contribution in [2.45, 2.75) is 18.9 Å². The second-order valence-corrected chi connectivity index (χ2v) is 5.93. The first-order valence-electron chi connectivity index (χ1n) is 7.42. The van der Waals surface area contributed by atoms with Crippen LogP contribution in [0, 0.1) is 0 Å². The first kappa shape index (κ1) is 21.6. The van der Waals surface area contributed by atoms with Crippen LogP contribution in [0.2, 0.25) is 5.02 Å². The van der Waals surface area contributed by atoms with Gasteiger partial charge in [0.25, 0.3) is 0 Å². The molecule has 0 spiro atoms. The summed E-state index contributed by atoms with van der Waals surface area (Å²) in [5, 5.41) is 11.0. The van der Waals surface area contributed by atoms with Crippen LogP contribution in [0.15, 0.2) is 48.0 Å². The summed E-state index contributed by atoms with van der Waals surface area (Å²) in [5.41, 5.74) is -0.0813. The first-order valence-corrected chi connectivity index (χ1v) is 7.80. The van der Waals surface area contributed by atoms with Crippen molar-refractivity contribution in [3.8, 4) is 11.5 Å². The van der Waals surface area contributed by atoms with Crippen molar-refractivity contribution < 1.29 is 62.1 Å².